The third-order valence-corrected chi connectivity index (χ3v) is 3.24. The van der Waals surface area contributed by atoms with E-state index < -0.39 is 5.91 Å². The maximum atomic E-state index is 11.1. The summed E-state index contributed by atoms with van der Waals surface area (Å²) in [5.74, 6) is 0.243. The van der Waals surface area contributed by atoms with Gasteiger partial charge in [0, 0.05) is 29.8 Å². The van der Waals surface area contributed by atoms with Crippen LogP contribution in [0.2, 0.25) is 0 Å². The molecule has 1 aromatic heterocycles. The van der Waals surface area contributed by atoms with E-state index in [1.165, 1.54) is 0 Å². The molecule has 5 heteroatoms. The molecular weight excluding hydrogens is 254 g/mol. The number of benzene rings is 1. The fourth-order valence-corrected chi connectivity index (χ4v) is 2.14. The Morgan fingerprint density at radius 3 is 2.75 bits per heavy atom. The van der Waals surface area contributed by atoms with Gasteiger partial charge in [0.05, 0.1) is 5.69 Å². The van der Waals surface area contributed by atoms with Crippen LogP contribution in [0.4, 0.5) is 0 Å². The van der Waals surface area contributed by atoms with Gasteiger partial charge in [-0.25, -0.2) is 4.98 Å². The summed E-state index contributed by atoms with van der Waals surface area (Å²) in [6.07, 6.45) is 0. The number of nitrogens with two attached hydrogens (primary N) is 1. The zero-order valence-electron chi connectivity index (χ0n) is 10.9. The standard InChI is InChI=1S/C15H15N3O2/c16-14(19)11-3-1-10(2-4-11)13-6-5-12-9-17-7-8-20-15(12)18-13/h1-6,17H,7-9H2,(H2,16,19). The summed E-state index contributed by atoms with van der Waals surface area (Å²) in [4.78, 5) is 15.6. The third kappa shape index (κ3) is 2.48. The summed E-state index contributed by atoms with van der Waals surface area (Å²) in [6, 6.07) is 11.0. The zero-order valence-corrected chi connectivity index (χ0v) is 10.9. The molecule has 5 nitrogen and oxygen atoms in total. The average molecular weight is 269 g/mol. The Balaban J connectivity index is 1.94. The highest BCUT2D eigenvalue weighted by Crippen LogP contribution is 2.24. The molecule has 0 atom stereocenters. The van der Waals surface area contributed by atoms with Crippen molar-refractivity contribution in [3.05, 3.63) is 47.5 Å². The second-order valence-electron chi connectivity index (χ2n) is 4.63. The number of aromatic nitrogens is 1. The van der Waals surface area contributed by atoms with E-state index in [1.54, 1.807) is 12.1 Å². The van der Waals surface area contributed by atoms with Gasteiger partial charge in [0.15, 0.2) is 0 Å². The first-order valence-electron chi connectivity index (χ1n) is 6.48. The number of hydrogen-bond donors (Lipinski definition) is 2. The predicted octanol–water partition coefficient (Wildman–Crippen LogP) is 1.33. The number of nitrogens with zero attached hydrogens (tertiary/aromatic N) is 1. The van der Waals surface area contributed by atoms with Crippen molar-refractivity contribution in [2.75, 3.05) is 13.2 Å². The van der Waals surface area contributed by atoms with Gasteiger partial charge in [-0.2, -0.15) is 0 Å². The first-order valence-corrected chi connectivity index (χ1v) is 6.48. The van der Waals surface area contributed by atoms with Crippen molar-refractivity contribution < 1.29 is 9.53 Å². The van der Waals surface area contributed by atoms with Gasteiger partial charge >= 0.3 is 0 Å². The Morgan fingerprint density at radius 2 is 2.00 bits per heavy atom. The van der Waals surface area contributed by atoms with Crippen molar-refractivity contribution >= 4 is 5.91 Å². The van der Waals surface area contributed by atoms with Gasteiger partial charge in [0.25, 0.3) is 0 Å². The number of hydrogen-bond acceptors (Lipinski definition) is 4. The fraction of sp³-hybridized carbons (Fsp3) is 0.200. The number of ether oxygens (including phenoxy) is 1. The van der Waals surface area contributed by atoms with Crippen LogP contribution in [0, 0.1) is 0 Å². The summed E-state index contributed by atoms with van der Waals surface area (Å²) >= 11 is 0. The van der Waals surface area contributed by atoms with E-state index in [0.29, 0.717) is 18.1 Å². The lowest BCUT2D eigenvalue weighted by Crippen LogP contribution is -2.16. The van der Waals surface area contributed by atoms with Gasteiger partial charge in [-0.3, -0.25) is 4.79 Å². The minimum Gasteiger partial charge on any atom is -0.476 e. The molecule has 3 rings (SSSR count). The van der Waals surface area contributed by atoms with Gasteiger partial charge in [-0.05, 0) is 18.2 Å². The van der Waals surface area contributed by atoms with Crippen LogP contribution in [0.15, 0.2) is 36.4 Å². The molecule has 1 amide bonds. The zero-order chi connectivity index (χ0) is 13.9. The summed E-state index contributed by atoms with van der Waals surface area (Å²) in [7, 11) is 0. The lowest BCUT2D eigenvalue weighted by atomic mass is 10.1. The molecule has 20 heavy (non-hydrogen) atoms. The number of carbonyl (C=O) groups excluding carboxylic acids is 1. The topological polar surface area (TPSA) is 77.2 Å². The highest BCUT2D eigenvalue weighted by molar-refractivity contribution is 5.93. The van der Waals surface area contributed by atoms with Crippen molar-refractivity contribution in [3.8, 4) is 17.1 Å². The van der Waals surface area contributed by atoms with E-state index in [1.807, 2.05) is 24.3 Å². The van der Waals surface area contributed by atoms with Crippen molar-refractivity contribution in [2.24, 2.45) is 5.73 Å². The Bertz CT molecular complexity index is 638. The number of carbonyl (C=O) groups is 1. The first-order chi connectivity index (χ1) is 9.74. The SMILES string of the molecule is NC(=O)c1ccc(-c2ccc3c(n2)OCCNC3)cc1. The Kier molecular flexibility index (Phi) is 3.35. The molecule has 102 valence electrons. The van der Waals surface area contributed by atoms with Crippen LogP contribution in [0.1, 0.15) is 15.9 Å². The molecule has 3 N–H and O–H groups in total. The number of pyridine rings is 1. The predicted molar refractivity (Wildman–Crippen MR) is 75.4 cm³/mol. The van der Waals surface area contributed by atoms with Crippen molar-refractivity contribution in [1.29, 1.82) is 0 Å². The van der Waals surface area contributed by atoms with Gasteiger partial charge in [-0.1, -0.05) is 18.2 Å². The third-order valence-electron chi connectivity index (χ3n) is 3.24. The summed E-state index contributed by atoms with van der Waals surface area (Å²) in [5, 5.41) is 3.27. The molecule has 1 aliphatic heterocycles. The Labute approximate surface area is 116 Å². The number of primary amides is 1. The van der Waals surface area contributed by atoms with Crippen LogP contribution in [0.3, 0.4) is 0 Å². The van der Waals surface area contributed by atoms with E-state index in [2.05, 4.69) is 10.3 Å². The maximum Gasteiger partial charge on any atom is 0.248 e. The molecule has 2 heterocycles. The number of nitrogens with one attached hydrogen (secondary N) is 1. The van der Waals surface area contributed by atoms with Gasteiger partial charge in [0.2, 0.25) is 11.8 Å². The van der Waals surface area contributed by atoms with Gasteiger partial charge in [0.1, 0.15) is 6.61 Å². The quantitative estimate of drug-likeness (QED) is 0.862. The van der Waals surface area contributed by atoms with Crippen molar-refractivity contribution in [1.82, 2.24) is 10.3 Å². The van der Waals surface area contributed by atoms with Crippen molar-refractivity contribution in [3.63, 3.8) is 0 Å². The second-order valence-corrected chi connectivity index (χ2v) is 4.63. The Morgan fingerprint density at radius 1 is 1.20 bits per heavy atom. The van der Waals surface area contributed by atoms with Crippen molar-refractivity contribution in [2.45, 2.75) is 6.54 Å². The number of fused-ring (bicyclic) bond motifs is 1. The molecular formula is C15H15N3O2. The van der Waals surface area contributed by atoms with Crippen LogP contribution >= 0.6 is 0 Å². The number of rotatable bonds is 2. The van der Waals surface area contributed by atoms with Crippen LogP contribution in [0.5, 0.6) is 5.88 Å². The van der Waals surface area contributed by atoms with E-state index >= 15 is 0 Å². The average Bonchev–Trinajstić information content (AvgIpc) is 2.71. The molecule has 0 unspecified atom stereocenters. The van der Waals surface area contributed by atoms with Crippen LogP contribution in [-0.2, 0) is 6.54 Å². The Hall–Kier alpha value is -2.40. The highest BCUT2D eigenvalue weighted by atomic mass is 16.5. The van der Waals surface area contributed by atoms with E-state index in [-0.39, 0.29) is 0 Å². The van der Waals surface area contributed by atoms with Gasteiger partial charge < -0.3 is 15.8 Å². The summed E-state index contributed by atoms with van der Waals surface area (Å²) in [6.45, 7) is 2.20. The second kappa shape index (κ2) is 5.30. The molecule has 0 saturated carbocycles. The molecule has 2 aromatic rings. The summed E-state index contributed by atoms with van der Waals surface area (Å²) < 4.78 is 5.62. The minimum absolute atomic E-state index is 0.430. The van der Waals surface area contributed by atoms with Crippen LogP contribution in [-0.4, -0.2) is 24.0 Å². The normalized spacial score (nSPS) is 14.0. The smallest absolute Gasteiger partial charge is 0.248 e. The fourth-order valence-electron chi connectivity index (χ4n) is 2.14. The monoisotopic (exact) mass is 269 g/mol. The molecule has 0 spiro atoms. The largest absolute Gasteiger partial charge is 0.476 e. The van der Waals surface area contributed by atoms with Crippen LogP contribution < -0.4 is 15.8 Å². The highest BCUT2D eigenvalue weighted by Gasteiger charge is 2.11. The lowest BCUT2D eigenvalue weighted by Gasteiger charge is -2.08. The van der Waals surface area contributed by atoms with E-state index in [9.17, 15) is 4.79 Å². The first kappa shape index (κ1) is 12.6. The van der Waals surface area contributed by atoms with E-state index in [4.69, 9.17) is 10.5 Å². The maximum absolute atomic E-state index is 11.1. The summed E-state index contributed by atoms with van der Waals surface area (Å²) in [5.41, 5.74) is 8.53. The lowest BCUT2D eigenvalue weighted by molar-refractivity contribution is 0.100. The molecule has 0 bridgehead atoms. The molecule has 0 radical (unpaired) electrons. The van der Waals surface area contributed by atoms with Gasteiger partial charge in [-0.15, -0.1) is 0 Å². The van der Waals surface area contributed by atoms with E-state index in [0.717, 1.165) is 29.9 Å². The minimum atomic E-state index is -0.430. The molecule has 0 saturated heterocycles. The molecule has 0 aliphatic carbocycles. The van der Waals surface area contributed by atoms with Crippen LogP contribution in [0.25, 0.3) is 11.3 Å². The molecule has 1 aliphatic rings. The molecule has 1 aromatic carbocycles. The molecule has 0 fully saturated rings. The number of amides is 1.